The van der Waals surface area contributed by atoms with Crippen LogP contribution in [0.1, 0.15) is 13.3 Å². The molecule has 0 aromatic heterocycles. The summed E-state index contributed by atoms with van der Waals surface area (Å²) in [5.41, 5.74) is 0. The average Bonchev–Trinajstić information content (AvgIpc) is 2.32. The molecule has 0 spiro atoms. The first-order valence-corrected chi connectivity index (χ1v) is 5.75. The van der Waals surface area contributed by atoms with Gasteiger partial charge in [0, 0.05) is 26.6 Å². The molecule has 0 bridgehead atoms. The molecule has 1 heterocycles. The molecular formula is C11H18N2O5. The fraction of sp³-hybridized carbons (Fsp3) is 0.727. The standard InChI is InChI=1S/C11H18N2O5/c1-8-10(15)13(5-4-12(8)11(16)17)9(3-6-14)7-18-2/h6,8-9H,3-5,7H2,1-2H3,(H,16,17)/t8-,9-/m0/s1. The van der Waals surface area contributed by atoms with E-state index in [1.54, 1.807) is 6.92 Å². The van der Waals surface area contributed by atoms with Crippen LogP contribution in [0.4, 0.5) is 4.79 Å². The van der Waals surface area contributed by atoms with Crippen LogP contribution in [0, 0.1) is 0 Å². The second-order valence-electron chi connectivity index (χ2n) is 4.20. The molecule has 1 rings (SSSR count). The molecule has 2 atom stereocenters. The van der Waals surface area contributed by atoms with Gasteiger partial charge in [0.05, 0.1) is 12.6 Å². The number of nitrogens with zero attached hydrogens (tertiary/aromatic N) is 2. The topological polar surface area (TPSA) is 87.2 Å². The van der Waals surface area contributed by atoms with Gasteiger partial charge in [-0.2, -0.15) is 0 Å². The first kappa shape index (κ1) is 14.4. The lowest BCUT2D eigenvalue weighted by atomic mass is 10.1. The van der Waals surface area contributed by atoms with E-state index < -0.39 is 12.1 Å². The molecule has 1 N–H and O–H groups in total. The van der Waals surface area contributed by atoms with Crippen LogP contribution >= 0.6 is 0 Å². The van der Waals surface area contributed by atoms with E-state index in [0.717, 1.165) is 11.2 Å². The van der Waals surface area contributed by atoms with Gasteiger partial charge in [-0.1, -0.05) is 0 Å². The van der Waals surface area contributed by atoms with Gasteiger partial charge >= 0.3 is 6.09 Å². The zero-order valence-electron chi connectivity index (χ0n) is 10.5. The predicted molar refractivity (Wildman–Crippen MR) is 62.3 cm³/mol. The normalized spacial score (nSPS) is 21.9. The Morgan fingerprint density at radius 1 is 1.61 bits per heavy atom. The van der Waals surface area contributed by atoms with E-state index in [0.29, 0.717) is 0 Å². The van der Waals surface area contributed by atoms with Gasteiger partial charge in [-0.3, -0.25) is 9.69 Å². The number of aldehydes is 1. The van der Waals surface area contributed by atoms with Crippen molar-refractivity contribution < 1.29 is 24.2 Å². The van der Waals surface area contributed by atoms with Crippen LogP contribution in [-0.2, 0) is 14.3 Å². The Hall–Kier alpha value is -1.63. The van der Waals surface area contributed by atoms with Gasteiger partial charge < -0.3 is 19.5 Å². The zero-order valence-corrected chi connectivity index (χ0v) is 10.5. The van der Waals surface area contributed by atoms with Crippen LogP contribution in [0.25, 0.3) is 0 Å². The Kier molecular flexibility index (Phi) is 5.08. The van der Waals surface area contributed by atoms with E-state index in [1.807, 2.05) is 0 Å². The smallest absolute Gasteiger partial charge is 0.408 e. The number of carboxylic acid groups (broad SMARTS) is 1. The molecule has 1 saturated heterocycles. The summed E-state index contributed by atoms with van der Waals surface area (Å²) in [4.78, 5) is 36.2. The van der Waals surface area contributed by atoms with Crippen LogP contribution in [-0.4, -0.2) is 72.1 Å². The van der Waals surface area contributed by atoms with Gasteiger partial charge in [0.1, 0.15) is 12.3 Å². The molecule has 0 saturated carbocycles. The second-order valence-corrected chi connectivity index (χ2v) is 4.20. The maximum Gasteiger partial charge on any atom is 0.408 e. The van der Waals surface area contributed by atoms with Crippen LogP contribution in [0.3, 0.4) is 0 Å². The van der Waals surface area contributed by atoms with E-state index in [4.69, 9.17) is 9.84 Å². The van der Waals surface area contributed by atoms with Gasteiger partial charge in [0.2, 0.25) is 5.91 Å². The Morgan fingerprint density at radius 2 is 2.28 bits per heavy atom. The zero-order chi connectivity index (χ0) is 13.7. The van der Waals surface area contributed by atoms with Crippen LogP contribution in [0.5, 0.6) is 0 Å². The van der Waals surface area contributed by atoms with Crippen molar-refractivity contribution in [2.24, 2.45) is 0 Å². The lowest BCUT2D eigenvalue weighted by Crippen LogP contribution is -2.60. The van der Waals surface area contributed by atoms with E-state index in [2.05, 4.69) is 0 Å². The number of hydrogen-bond donors (Lipinski definition) is 1. The van der Waals surface area contributed by atoms with Gasteiger partial charge in [0.15, 0.2) is 0 Å². The number of amides is 2. The van der Waals surface area contributed by atoms with E-state index in [1.165, 1.54) is 12.0 Å². The minimum atomic E-state index is -1.10. The number of hydrogen-bond acceptors (Lipinski definition) is 4. The molecule has 1 fully saturated rings. The highest BCUT2D eigenvalue weighted by atomic mass is 16.5. The highest BCUT2D eigenvalue weighted by Gasteiger charge is 2.37. The number of piperazine rings is 1. The number of rotatable bonds is 5. The molecule has 0 unspecified atom stereocenters. The van der Waals surface area contributed by atoms with Crippen molar-refractivity contribution in [3.63, 3.8) is 0 Å². The predicted octanol–water partition coefficient (Wildman–Crippen LogP) is -0.199. The summed E-state index contributed by atoms with van der Waals surface area (Å²) in [6, 6.07) is -1.04. The number of carbonyl (C=O) groups excluding carboxylic acids is 2. The molecule has 102 valence electrons. The summed E-state index contributed by atoms with van der Waals surface area (Å²) in [5, 5.41) is 8.93. The summed E-state index contributed by atoms with van der Waals surface area (Å²) >= 11 is 0. The third-order valence-electron chi connectivity index (χ3n) is 3.10. The maximum atomic E-state index is 12.1. The number of ether oxygens (including phenoxy) is 1. The van der Waals surface area contributed by atoms with Crippen LogP contribution in [0.2, 0.25) is 0 Å². The van der Waals surface area contributed by atoms with E-state index in [-0.39, 0.29) is 38.1 Å². The van der Waals surface area contributed by atoms with Gasteiger partial charge in [-0.15, -0.1) is 0 Å². The first-order chi connectivity index (χ1) is 8.52. The van der Waals surface area contributed by atoms with Gasteiger partial charge in [-0.25, -0.2) is 4.79 Å². The Bertz CT molecular complexity index is 333. The van der Waals surface area contributed by atoms with Crippen LogP contribution < -0.4 is 0 Å². The largest absolute Gasteiger partial charge is 0.465 e. The van der Waals surface area contributed by atoms with Crippen molar-refractivity contribution in [1.29, 1.82) is 0 Å². The first-order valence-electron chi connectivity index (χ1n) is 5.75. The Labute approximate surface area is 105 Å². The lowest BCUT2D eigenvalue weighted by Gasteiger charge is -2.41. The Balaban J connectivity index is 2.77. The average molecular weight is 258 g/mol. The summed E-state index contributed by atoms with van der Waals surface area (Å²) in [5.74, 6) is -0.285. The molecule has 7 nitrogen and oxygen atoms in total. The molecular weight excluding hydrogens is 240 g/mol. The molecule has 0 aliphatic carbocycles. The summed E-state index contributed by atoms with van der Waals surface area (Å²) in [6.45, 7) is 2.36. The monoisotopic (exact) mass is 258 g/mol. The fourth-order valence-electron chi connectivity index (χ4n) is 2.11. The highest BCUT2D eigenvalue weighted by molar-refractivity contribution is 5.86. The number of methoxy groups -OCH3 is 1. The lowest BCUT2D eigenvalue weighted by molar-refractivity contribution is -0.144. The summed E-state index contributed by atoms with van der Waals surface area (Å²) < 4.78 is 4.98. The highest BCUT2D eigenvalue weighted by Crippen LogP contribution is 2.15. The molecule has 1 aliphatic rings. The molecule has 2 amide bonds. The van der Waals surface area contributed by atoms with Gasteiger partial charge in [-0.05, 0) is 6.92 Å². The molecule has 0 aromatic carbocycles. The quantitative estimate of drug-likeness (QED) is 0.690. The molecule has 0 radical (unpaired) electrons. The van der Waals surface area contributed by atoms with Crippen LogP contribution in [0.15, 0.2) is 0 Å². The fourth-order valence-corrected chi connectivity index (χ4v) is 2.11. The molecule has 0 aromatic rings. The van der Waals surface area contributed by atoms with Crippen molar-refractivity contribution in [2.45, 2.75) is 25.4 Å². The molecule has 7 heteroatoms. The SMILES string of the molecule is COC[C@H](CC=O)N1CCN(C(=O)O)[C@@H](C)C1=O. The second kappa shape index (κ2) is 6.34. The van der Waals surface area contributed by atoms with Crippen molar-refractivity contribution in [3.05, 3.63) is 0 Å². The molecule has 1 aliphatic heterocycles. The van der Waals surface area contributed by atoms with E-state index in [9.17, 15) is 14.4 Å². The Morgan fingerprint density at radius 3 is 2.78 bits per heavy atom. The minimum absolute atomic E-state index is 0.194. The third kappa shape index (κ3) is 2.98. The van der Waals surface area contributed by atoms with Crippen molar-refractivity contribution in [3.8, 4) is 0 Å². The van der Waals surface area contributed by atoms with Crippen molar-refractivity contribution >= 4 is 18.3 Å². The number of carbonyl (C=O) groups is 3. The van der Waals surface area contributed by atoms with Crippen molar-refractivity contribution in [1.82, 2.24) is 9.80 Å². The minimum Gasteiger partial charge on any atom is -0.465 e. The van der Waals surface area contributed by atoms with Gasteiger partial charge in [0.25, 0.3) is 0 Å². The maximum absolute atomic E-state index is 12.1. The summed E-state index contributed by atoms with van der Waals surface area (Å²) in [7, 11) is 1.50. The summed E-state index contributed by atoms with van der Waals surface area (Å²) in [6.07, 6.45) is -0.168. The van der Waals surface area contributed by atoms with E-state index >= 15 is 0 Å². The molecule has 18 heavy (non-hydrogen) atoms. The van der Waals surface area contributed by atoms with Crippen molar-refractivity contribution in [2.75, 3.05) is 26.8 Å². The third-order valence-corrected chi connectivity index (χ3v) is 3.10.